The summed E-state index contributed by atoms with van der Waals surface area (Å²) in [6.45, 7) is 7.37. The molecule has 0 spiro atoms. The normalized spacial score (nSPS) is 16.4. The third-order valence-electron chi connectivity index (χ3n) is 4.70. The minimum Gasteiger partial charge on any atom is -0.497 e. The molecule has 1 aromatic rings. The lowest BCUT2D eigenvalue weighted by Crippen LogP contribution is -2.42. The molecule has 0 amide bonds. The first-order valence-electron chi connectivity index (χ1n) is 9.30. The maximum absolute atomic E-state index is 6.29. The van der Waals surface area contributed by atoms with Crippen molar-refractivity contribution >= 4 is 41.5 Å². The van der Waals surface area contributed by atoms with Gasteiger partial charge < -0.3 is 25.2 Å². The molecular formula is C19H33ClIN5O. The van der Waals surface area contributed by atoms with Gasteiger partial charge in [0.25, 0.3) is 0 Å². The van der Waals surface area contributed by atoms with Crippen molar-refractivity contribution in [1.82, 2.24) is 20.4 Å². The molecule has 2 rings (SSSR count). The lowest BCUT2D eigenvalue weighted by molar-refractivity contribution is 0.280. The summed E-state index contributed by atoms with van der Waals surface area (Å²) >= 11 is 6.29. The molecule has 0 bridgehead atoms. The zero-order valence-electron chi connectivity index (χ0n) is 16.6. The lowest BCUT2D eigenvalue weighted by Gasteiger charge is -2.21. The van der Waals surface area contributed by atoms with Crippen molar-refractivity contribution < 1.29 is 4.74 Å². The van der Waals surface area contributed by atoms with Crippen LogP contribution in [0.1, 0.15) is 12.0 Å². The summed E-state index contributed by atoms with van der Waals surface area (Å²) in [4.78, 5) is 9.21. The molecule has 0 aliphatic carbocycles. The van der Waals surface area contributed by atoms with Gasteiger partial charge in [-0.3, -0.25) is 4.99 Å². The van der Waals surface area contributed by atoms with E-state index in [0.717, 1.165) is 61.4 Å². The van der Waals surface area contributed by atoms with Crippen molar-refractivity contribution in [1.29, 1.82) is 0 Å². The zero-order chi connectivity index (χ0) is 18.8. The van der Waals surface area contributed by atoms with Gasteiger partial charge in [0.05, 0.1) is 7.11 Å². The molecule has 0 aromatic heterocycles. The molecule has 0 unspecified atom stereocenters. The van der Waals surface area contributed by atoms with E-state index < -0.39 is 0 Å². The van der Waals surface area contributed by atoms with Crippen LogP contribution in [-0.2, 0) is 6.42 Å². The van der Waals surface area contributed by atoms with Gasteiger partial charge in [-0.1, -0.05) is 17.7 Å². The van der Waals surface area contributed by atoms with E-state index in [1.807, 2.05) is 18.2 Å². The molecule has 1 aliphatic rings. The average Bonchev–Trinajstić information content (AvgIpc) is 2.85. The van der Waals surface area contributed by atoms with Crippen LogP contribution in [-0.4, -0.2) is 82.8 Å². The van der Waals surface area contributed by atoms with Crippen molar-refractivity contribution in [3.05, 3.63) is 28.8 Å². The molecule has 0 radical (unpaired) electrons. The molecule has 27 heavy (non-hydrogen) atoms. The van der Waals surface area contributed by atoms with Crippen molar-refractivity contribution in [2.75, 3.05) is 67.0 Å². The third-order valence-corrected chi connectivity index (χ3v) is 5.06. The van der Waals surface area contributed by atoms with Gasteiger partial charge in [-0.25, -0.2) is 0 Å². The number of benzene rings is 1. The van der Waals surface area contributed by atoms with Gasteiger partial charge in [0.2, 0.25) is 0 Å². The zero-order valence-corrected chi connectivity index (χ0v) is 19.7. The first kappa shape index (κ1) is 24.3. The molecule has 1 saturated heterocycles. The molecule has 0 atom stereocenters. The molecule has 2 N–H and O–H groups in total. The highest BCUT2D eigenvalue weighted by atomic mass is 127. The van der Waals surface area contributed by atoms with Crippen LogP contribution in [0.25, 0.3) is 0 Å². The van der Waals surface area contributed by atoms with E-state index in [-0.39, 0.29) is 24.0 Å². The fourth-order valence-corrected chi connectivity index (χ4v) is 3.31. The number of nitrogens with one attached hydrogen (secondary N) is 2. The number of rotatable bonds is 7. The Kier molecular flexibility index (Phi) is 12.1. The first-order chi connectivity index (χ1) is 12.6. The lowest BCUT2D eigenvalue weighted by atomic mass is 10.1. The number of guanidine groups is 1. The number of ether oxygens (including phenoxy) is 1. The van der Waals surface area contributed by atoms with Gasteiger partial charge in [0.15, 0.2) is 5.96 Å². The summed E-state index contributed by atoms with van der Waals surface area (Å²) in [5.41, 5.74) is 1.10. The van der Waals surface area contributed by atoms with Crippen LogP contribution in [0.15, 0.2) is 23.2 Å². The predicted molar refractivity (Wildman–Crippen MR) is 125 cm³/mol. The van der Waals surface area contributed by atoms with Crippen molar-refractivity contribution in [2.24, 2.45) is 4.99 Å². The Labute approximate surface area is 185 Å². The molecule has 0 saturated carbocycles. The molecule has 8 heteroatoms. The summed E-state index contributed by atoms with van der Waals surface area (Å²) in [6, 6.07) is 5.80. The van der Waals surface area contributed by atoms with Crippen LogP contribution in [0.2, 0.25) is 5.02 Å². The number of likely N-dealkylation sites (N-methyl/N-ethyl adjacent to an activating group) is 1. The maximum Gasteiger partial charge on any atom is 0.191 e. The Bertz CT molecular complexity index is 587. The molecule has 154 valence electrons. The highest BCUT2D eigenvalue weighted by Crippen LogP contribution is 2.22. The standard InChI is InChI=1S/C19H32ClN5O.HI/c1-21-19(23-9-12-25-11-4-10-24(2)13-14-25)22-8-7-16-5-6-17(26-3)15-18(16)20;/h5-6,15H,4,7-14H2,1-3H3,(H2,21,22,23);1H. The molecular weight excluding hydrogens is 477 g/mol. The Morgan fingerprint density at radius 1 is 1.19 bits per heavy atom. The van der Waals surface area contributed by atoms with E-state index in [9.17, 15) is 0 Å². The second-order valence-electron chi connectivity index (χ2n) is 6.63. The monoisotopic (exact) mass is 509 g/mol. The SMILES string of the molecule is CN=C(NCCc1ccc(OC)cc1Cl)NCCN1CCCN(C)CC1.I. The van der Waals surface area contributed by atoms with E-state index in [0.29, 0.717) is 0 Å². The topological polar surface area (TPSA) is 52.1 Å². The minimum absolute atomic E-state index is 0. The highest BCUT2D eigenvalue weighted by Gasteiger charge is 2.11. The van der Waals surface area contributed by atoms with Gasteiger partial charge in [0.1, 0.15) is 5.75 Å². The number of halogens is 2. The van der Waals surface area contributed by atoms with Crippen molar-refractivity contribution in [3.8, 4) is 5.75 Å². The predicted octanol–water partition coefficient (Wildman–Crippen LogP) is 2.31. The summed E-state index contributed by atoms with van der Waals surface area (Å²) in [5, 5.41) is 7.49. The summed E-state index contributed by atoms with van der Waals surface area (Å²) in [7, 11) is 5.64. The molecule has 6 nitrogen and oxygen atoms in total. The Morgan fingerprint density at radius 2 is 1.96 bits per heavy atom. The minimum atomic E-state index is 0. The maximum atomic E-state index is 6.29. The second kappa shape index (κ2) is 13.4. The van der Waals surface area contributed by atoms with Gasteiger partial charge in [-0.15, -0.1) is 24.0 Å². The highest BCUT2D eigenvalue weighted by molar-refractivity contribution is 14.0. The molecule has 1 heterocycles. The second-order valence-corrected chi connectivity index (χ2v) is 7.04. The summed E-state index contributed by atoms with van der Waals surface area (Å²) < 4.78 is 5.18. The molecule has 1 aromatic carbocycles. The average molecular weight is 510 g/mol. The number of hydrogen-bond acceptors (Lipinski definition) is 4. The van der Waals surface area contributed by atoms with Crippen LogP contribution >= 0.6 is 35.6 Å². The van der Waals surface area contributed by atoms with E-state index >= 15 is 0 Å². The number of methoxy groups -OCH3 is 1. The van der Waals surface area contributed by atoms with Crippen LogP contribution in [0.3, 0.4) is 0 Å². The number of hydrogen-bond donors (Lipinski definition) is 2. The van der Waals surface area contributed by atoms with Crippen molar-refractivity contribution in [2.45, 2.75) is 12.8 Å². The Balaban J connectivity index is 0.00000364. The first-order valence-corrected chi connectivity index (χ1v) is 9.68. The third kappa shape index (κ3) is 8.85. The summed E-state index contributed by atoms with van der Waals surface area (Å²) in [5.74, 6) is 1.62. The summed E-state index contributed by atoms with van der Waals surface area (Å²) in [6.07, 6.45) is 2.08. The van der Waals surface area contributed by atoms with Gasteiger partial charge in [-0.2, -0.15) is 0 Å². The van der Waals surface area contributed by atoms with Crippen LogP contribution in [0.5, 0.6) is 5.75 Å². The van der Waals surface area contributed by atoms with Crippen LogP contribution < -0.4 is 15.4 Å². The Hall–Kier alpha value is -0.770. The Morgan fingerprint density at radius 3 is 2.67 bits per heavy atom. The number of nitrogens with zero attached hydrogens (tertiary/aromatic N) is 3. The van der Waals surface area contributed by atoms with Gasteiger partial charge >= 0.3 is 0 Å². The van der Waals surface area contributed by atoms with E-state index in [1.54, 1.807) is 14.2 Å². The van der Waals surface area contributed by atoms with Crippen LogP contribution in [0, 0.1) is 0 Å². The molecule has 1 aliphatic heterocycles. The van der Waals surface area contributed by atoms with E-state index in [4.69, 9.17) is 16.3 Å². The molecule has 1 fully saturated rings. The van der Waals surface area contributed by atoms with Gasteiger partial charge in [-0.05, 0) is 50.7 Å². The fourth-order valence-electron chi connectivity index (χ4n) is 3.05. The quantitative estimate of drug-likeness (QED) is 0.336. The largest absolute Gasteiger partial charge is 0.497 e. The van der Waals surface area contributed by atoms with E-state index in [2.05, 4.69) is 32.5 Å². The van der Waals surface area contributed by atoms with Crippen molar-refractivity contribution in [3.63, 3.8) is 0 Å². The number of aliphatic imine (C=N–C) groups is 1. The van der Waals surface area contributed by atoms with E-state index in [1.165, 1.54) is 19.5 Å². The fraction of sp³-hybridized carbons (Fsp3) is 0.632. The van der Waals surface area contributed by atoms with Gasteiger partial charge in [0, 0.05) is 44.8 Å². The van der Waals surface area contributed by atoms with Crippen LogP contribution in [0.4, 0.5) is 0 Å². The smallest absolute Gasteiger partial charge is 0.191 e.